The number of hydrogen-bond acceptors (Lipinski definition) is 4. The van der Waals surface area contributed by atoms with Crippen LogP contribution in [0.4, 0.5) is 0 Å². The van der Waals surface area contributed by atoms with Crippen molar-refractivity contribution in [3.63, 3.8) is 0 Å². The average molecular weight is 355 g/mol. The molecule has 5 nitrogen and oxygen atoms in total. The Morgan fingerprint density at radius 2 is 1.88 bits per heavy atom. The molecule has 1 amide bonds. The van der Waals surface area contributed by atoms with E-state index >= 15 is 0 Å². The molecule has 0 spiro atoms. The van der Waals surface area contributed by atoms with Crippen molar-refractivity contribution in [2.45, 2.75) is 38.8 Å². The van der Waals surface area contributed by atoms with Gasteiger partial charge in [0.1, 0.15) is 22.8 Å². The molecule has 2 aromatic carbocycles. The van der Waals surface area contributed by atoms with E-state index in [1.165, 1.54) is 0 Å². The monoisotopic (exact) mass is 355 g/mol. The maximum Gasteiger partial charge on any atom is 0.258 e. The number of ether oxygens (including phenoxy) is 3. The highest BCUT2D eigenvalue weighted by molar-refractivity contribution is 5.78. The summed E-state index contributed by atoms with van der Waals surface area (Å²) in [6.07, 6.45) is 0.683. The quantitative estimate of drug-likeness (QED) is 0.886. The van der Waals surface area contributed by atoms with Crippen molar-refractivity contribution in [3.05, 3.63) is 53.6 Å². The molecule has 138 valence electrons. The third-order valence-electron chi connectivity index (χ3n) is 4.40. The molecule has 1 heterocycles. The zero-order chi connectivity index (χ0) is 18.7. The summed E-state index contributed by atoms with van der Waals surface area (Å²) in [5, 5.41) is 3.07. The summed E-state index contributed by atoms with van der Waals surface area (Å²) in [6.45, 7) is 6.01. The van der Waals surface area contributed by atoms with E-state index in [0.717, 1.165) is 22.6 Å². The summed E-state index contributed by atoms with van der Waals surface area (Å²) in [4.78, 5) is 12.4. The number of amides is 1. The molecule has 1 aliphatic rings. The Labute approximate surface area is 154 Å². The predicted molar refractivity (Wildman–Crippen MR) is 99.9 cm³/mol. The molecule has 26 heavy (non-hydrogen) atoms. The SMILES string of the molecule is COc1ccc2c(c1)OC(C)(C)C[C@H]2NC(=O)COc1ccc(C)cc1. The molecular weight excluding hydrogens is 330 g/mol. The summed E-state index contributed by atoms with van der Waals surface area (Å²) in [5.41, 5.74) is 1.72. The minimum absolute atomic E-state index is 0.0215. The van der Waals surface area contributed by atoms with Gasteiger partial charge in [0.25, 0.3) is 5.91 Å². The molecule has 0 aromatic heterocycles. The fourth-order valence-electron chi connectivity index (χ4n) is 3.11. The summed E-state index contributed by atoms with van der Waals surface area (Å²) in [7, 11) is 1.62. The van der Waals surface area contributed by atoms with Crippen LogP contribution in [0.2, 0.25) is 0 Å². The molecule has 1 atom stereocenters. The fourth-order valence-corrected chi connectivity index (χ4v) is 3.11. The fraction of sp³-hybridized carbons (Fsp3) is 0.381. The highest BCUT2D eigenvalue weighted by atomic mass is 16.5. The molecule has 0 radical (unpaired) electrons. The van der Waals surface area contributed by atoms with Gasteiger partial charge in [-0.15, -0.1) is 0 Å². The molecule has 5 heteroatoms. The number of fused-ring (bicyclic) bond motifs is 1. The van der Waals surface area contributed by atoms with E-state index in [2.05, 4.69) is 5.32 Å². The number of rotatable bonds is 5. The largest absolute Gasteiger partial charge is 0.497 e. The molecule has 0 unspecified atom stereocenters. The normalized spacial score (nSPS) is 17.6. The lowest BCUT2D eigenvalue weighted by Gasteiger charge is -2.38. The lowest BCUT2D eigenvalue weighted by molar-refractivity contribution is -0.124. The van der Waals surface area contributed by atoms with Crippen LogP contribution in [0.1, 0.15) is 37.4 Å². The second-order valence-electron chi connectivity index (χ2n) is 7.19. The summed E-state index contributed by atoms with van der Waals surface area (Å²) < 4.78 is 16.9. The molecule has 0 aliphatic carbocycles. The minimum Gasteiger partial charge on any atom is -0.497 e. The van der Waals surface area contributed by atoms with Crippen LogP contribution in [-0.2, 0) is 4.79 Å². The van der Waals surface area contributed by atoms with Crippen molar-refractivity contribution < 1.29 is 19.0 Å². The van der Waals surface area contributed by atoms with Gasteiger partial charge in [-0.25, -0.2) is 0 Å². The standard InChI is InChI=1S/C21H25NO4/c1-14-5-7-15(8-6-14)25-13-20(23)22-18-12-21(2,3)26-19-11-16(24-4)9-10-17(18)19/h5-11,18H,12-13H2,1-4H3,(H,22,23)/t18-/m1/s1. The molecule has 3 rings (SSSR count). The van der Waals surface area contributed by atoms with Crippen LogP contribution in [0.15, 0.2) is 42.5 Å². The minimum atomic E-state index is -0.380. The Morgan fingerprint density at radius 1 is 1.19 bits per heavy atom. The van der Waals surface area contributed by atoms with E-state index in [-0.39, 0.29) is 24.2 Å². The third-order valence-corrected chi connectivity index (χ3v) is 4.40. The zero-order valence-electron chi connectivity index (χ0n) is 15.7. The first-order valence-corrected chi connectivity index (χ1v) is 8.72. The van der Waals surface area contributed by atoms with Gasteiger partial charge < -0.3 is 19.5 Å². The number of aryl methyl sites for hydroxylation is 1. The van der Waals surface area contributed by atoms with E-state index in [1.807, 2.05) is 63.2 Å². The Balaban J connectivity index is 1.68. The van der Waals surface area contributed by atoms with Crippen molar-refractivity contribution in [2.75, 3.05) is 13.7 Å². The van der Waals surface area contributed by atoms with Gasteiger partial charge in [-0.3, -0.25) is 4.79 Å². The van der Waals surface area contributed by atoms with Gasteiger partial charge in [0, 0.05) is 18.1 Å². The van der Waals surface area contributed by atoms with Gasteiger partial charge in [0.05, 0.1) is 13.2 Å². The van der Waals surface area contributed by atoms with Crippen LogP contribution >= 0.6 is 0 Å². The molecule has 0 bridgehead atoms. The number of methoxy groups -OCH3 is 1. The first kappa shape index (κ1) is 18.1. The van der Waals surface area contributed by atoms with E-state index < -0.39 is 0 Å². The van der Waals surface area contributed by atoms with Crippen LogP contribution in [0, 0.1) is 6.92 Å². The summed E-state index contributed by atoms with van der Waals surface area (Å²) in [6, 6.07) is 13.2. The topological polar surface area (TPSA) is 56.8 Å². The van der Waals surface area contributed by atoms with Crippen molar-refractivity contribution in [2.24, 2.45) is 0 Å². The van der Waals surface area contributed by atoms with Crippen molar-refractivity contribution in [1.29, 1.82) is 0 Å². The Kier molecular flexibility index (Phi) is 5.07. The Morgan fingerprint density at radius 3 is 2.58 bits per heavy atom. The number of hydrogen-bond donors (Lipinski definition) is 1. The van der Waals surface area contributed by atoms with Crippen LogP contribution in [0.25, 0.3) is 0 Å². The van der Waals surface area contributed by atoms with Crippen molar-refractivity contribution in [3.8, 4) is 17.2 Å². The van der Waals surface area contributed by atoms with Gasteiger partial charge in [-0.1, -0.05) is 17.7 Å². The second-order valence-corrected chi connectivity index (χ2v) is 7.19. The highest BCUT2D eigenvalue weighted by Crippen LogP contribution is 2.41. The van der Waals surface area contributed by atoms with Crippen molar-refractivity contribution >= 4 is 5.91 Å². The Bertz CT molecular complexity index is 783. The van der Waals surface area contributed by atoms with Crippen LogP contribution < -0.4 is 19.5 Å². The lowest BCUT2D eigenvalue weighted by Crippen LogP contribution is -2.42. The van der Waals surface area contributed by atoms with Gasteiger partial charge in [-0.2, -0.15) is 0 Å². The van der Waals surface area contributed by atoms with Gasteiger partial charge in [0.2, 0.25) is 0 Å². The van der Waals surface area contributed by atoms with Gasteiger partial charge in [-0.05, 0) is 45.0 Å². The maximum absolute atomic E-state index is 12.4. The molecule has 1 aliphatic heterocycles. The van der Waals surface area contributed by atoms with Crippen molar-refractivity contribution in [1.82, 2.24) is 5.32 Å². The summed E-state index contributed by atoms with van der Waals surface area (Å²) in [5.74, 6) is 2.00. The number of carbonyl (C=O) groups is 1. The lowest BCUT2D eigenvalue weighted by atomic mass is 9.89. The van der Waals surface area contributed by atoms with Crippen LogP contribution in [0.5, 0.6) is 17.2 Å². The third kappa shape index (κ3) is 4.28. The molecular formula is C21H25NO4. The van der Waals surface area contributed by atoms with E-state index in [9.17, 15) is 4.79 Å². The molecule has 1 N–H and O–H groups in total. The predicted octanol–water partition coefficient (Wildman–Crippen LogP) is 3.80. The first-order chi connectivity index (χ1) is 12.4. The molecule has 0 saturated heterocycles. The smallest absolute Gasteiger partial charge is 0.258 e. The van der Waals surface area contributed by atoms with E-state index in [4.69, 9.17) is 14.2 Å². The number of carbonyl (C=O) groups excluding carboxylic acids is 1. The highest BCUT2D eigenvalue weighted by Gasteiger charge is 2.34. The first-order valence-electron chi connectivity index (χ1n) is 8.72. The average Bonchev–Trinajstić information content (AvgIpc) is 2.59. The molecule has 0 saturated carbocycles. The summed E-state index contributed by atoms with van der Waals surface area (Å²) >= 11 is 0. The van der Waals surface area contributed by atoms with Gasteiger partial charge in [0.15, 0.2) is 6.61 Å². The van der Waals surface area contributed by atoms with Crippen LogP contribution in [-0.4, -0.2) is 25.2 Å². The zero-order valence-corrected chi connectivity index (χ0v) is 15.7. The number of nitrogens with one attached hydrogen (secondary N) is 1. The second kappa shape index (κ2) is 7.28. The van der Waals surface area contributed by atoms with E-state index in [0.29, 0.717) is 12.2 Å². The Hall–Kier alpha value is -2.69. The van der Waals surface area contributed by atoms with Gasteiger partial charge >= 0.3 is 0 Å². The maximum atomic E-state index is 12.4. The molecule has 0 fully saturated rings. The number of benzene rings is 2. The molecule has 2 aromatic rings. The van der Waals surface area contributed by atoms with E-state index in [1.54, 1.807) is 7.11 Å². The van der Waals surface area contributed by atoms with Crippen LogP contribution in [0.3, 0.4) is 0 Å².